The Labute approximate surface area is 84.7 Å². The van der Waals surface area contributed by atoms with Crippen LogP contribution in [0, 0.1) is 5.92 Å². The molecule has 0 aromatic rings. The molecule has 1 fully saturated rings. The van der Waals surface area contributed by atoms with E-state index in [9.17, 15) is 4.79 Å². The highest BCUT2D eigenvalue weighted by Crippen LogP contribution is 2.19. The zero-order chi connectivity index (χ0) is 10.4. The molecule has 0 bridgehead atoms. The molecule has 0 aromatic carbocycles. The van der Waals surface area contributed by atoms with Gasteiger partial charge in [-0.2, -0.15) is 0 Å². The van der Waals surface area contributed by atoms with Gasteiger partial charge < -0.3 is 15.2 Å². The number of carbonyl (C=O) groups excluding carboxylic acids is 1. The molecular weight excluding hydrogens is 182 g/mol. The Balaban J connectivity index is 2.25. The third kappa shape index (κ3) is 3.64. The molecule has 1 saturated heterocycles. The number of hydrogen-bond acceptors (Lipinski definition) is 4. The van der Waals surface area contributed by atoms with Crippen molar-refractivity contribution >= 4 is 5.97 Å². The smallest absolute Gasteiger partial charge is 0.307 e. The molecule has 0 saturated carbocycles. The lowest BCUT2D eigenvalue weighted by molar-refractivity contribution is -0.144. The molecule has 0 amide bonds. The Morgan fingerprint density at radius 3 is 2.79 bits per heavy atom. The van der Waals surface area contributed by atoms with Crippen molar-refractivity contribution in [2.45, 2.75) is 32.2 Å². The summed E-state index contributed by atoms with van der Waals surface area (Å²) in [6, 6.07) is -0.0713. The maximum Gasteiger partial charge on any atom is 0.307 e. The first kappa shape index (κ1) is 11.5. The van der Waals surface area contributed by atoms with Crippen LogP contribution in [0.5, 0.6) is 0 Å². The molecule has 0 aliphatic carbocycles. The molecule has 14 heavy (non-hydrogen) atoms. The van der Waals surface area contributed by atoms with Crippen molar-refractivity contribution in [3.63, 3.8) is 0 Å². The molecule has 4 nitrogen and oxygen atoms in total. The second-order valence-electron chi connectivity index (χ2n) is 3.62. The minimum absolute atomic E-state index is 0.0713. The Hall–Kier alpha value is -0.610. The fraction of sp³-hybridized carbons (Fsp3) is 0.900. The second kappa shape index (κ2) is 5.98. The van der Waals surface area contributed by atoms with E-state index < -0.39 is 0 Å². The van der Waals surface area contributed by atoms with Crippen LogP contribution in [0.15, 0.2) is 0 Å². The van der Waals surface area contributed by atoms with Crippen molar-refractivity contribution in [3.8, 4) is 0 Å². The van der Waals surface area contributed by atoms with Crippen molar-refractivity contribution in [3.05, 3.63) is 0 Å². The van der Waals surface area contributed by atoms with Gasteiger partial charge in [-0.3, -0.25) is 4.79 Å². The monoisotopic (exact) mass is 201 g/mol. The molecule has 0 aromatic heterocycles. The largest absolute Gasteiger partial charge is 0.466 e. The lowest BCUT2D eigenvalue weighted by Crippen LogP contribution is -2.36. The summed E-state index contributed by atoms with van der Waals surface area (Å²) in [5.74, 6) is 0.222. The summed E-state index contributed by atoms with van der Waals surface area (Å²) in [5.41, 5.74) is 5.92. The molecule has 1 atom stereocenters. The minimum atomic E-state index is -0.188. The van der Waals surface area contributed by atoms with Crippen LogP contribution in [0.4, 0.5) is 0 Å². The quantitative estimate of drug-likeness (QED) is 0.680. The SMILES string of the molecule is CCOC(=O)C[C@@H](N)C1CCOCC1. The van der Waals surface area contributed by atoms with E-state index in [0.29, 0.717) is 18.9 Å². The summed E-state index contributed by atoms with van der Waals surface area (Å²) in [6.07, 6.45) is 2.25. The van der Waals surface area contributed by atoms with E-state index in [4.69, 9.17) is 15.2 Å². The van der Waals surface area contributed by atoms with Gasteiger partial charge in [-0.25, -0.2) is 0 Å². The number of rotatable bonds is 4. The van der Waals surface area contributed by atoms with Gasteiger partial charge in [0.1, 0.15) is 0 Å². The third-order valence-electron chi connectivity index (χ3n) is 2.58. The van der Waals surface area contributed by atoms with Crippen LogP contribution in [-0.4, -0.2) is 31.8 Å². The van der Waals surface area contributed by atoms with E-state index in [-0.39, 0.29) is 12.0 Å². The standard InChI is InChI=1S/C10H19NO3/c1-2-14-10(12)7-9(11)8-3-5-13-6-4-8/h8-9H,2-7,11H2,1H3/t9-/m1/s1. The van der Waals surface area contributed by atoms with Gasteiger partial charge in [-0.15, -0.1) is 0 Å². The van der Waals surface area contributed by atoms with Crippen molar-refractivity contribution in [2.75, 3.05) is 19.8 Å². The van der Waals surface area contributed by atoms with Crippen LogP contribution >= 0.6 is 0 Å². The first-order chi connectivity index (χ1) is 6.74. The highest BCUT2D eigenvalue weighted by molar-refractivity contribution is 5.70. The van der Waals surface area contributed by atoms with Gasteiger partial charge in [-0.1, -0.05) is 0 Å². The zero-order valence-corrected chi connectivity index (χ0v) is 8.70. The molecule has 0 spiro atoms. The Bertz CT molecular complexity index is 178. The fourth-order valence-corrected chi connectivity index (χ4v) is 1.72. The number of hydrogen-bond donors (Lipinski definition) is 1. The summed E-state index contributed by atoms with van der Waals surface area (Å²) in [7, 11) is 0. The normalized spacial score (nSPS) is 20.4. The van der Waals surface area contributed by atoms with Gasteiger partial charge in [0, 0.05) is 19.3 Å². The van der Waals surface area contributed by atoms with Gasteiger partial charge in [0.2, 0.25) is 0 Å². The first-order valence-corrected chi connectivity index (χ1v) is 5.23. The Morgan fingerprint density at radius 1 is 1.57 bits per heavy atom. The van der Waals surface area contributed by atoms with Crippen molar-refractivity contribution in [2.24, 2.45) is 11.7 Å². The molecule has 82 valence electrons. The molecule has 1 heterocycles. The first-order valence-electron chi connectivity index (χ1n) is 5.23. The van der Waals surface area contributed by atoms with E-state index in [0.717, 1.165) is 26.1 Å². The van der Waals surface area contributed by atoms with Crippen molar-refractivity contribution < 1.29 is 14.3 Å². The molecule has 1 aliphatic rings. The van der Waals surface area contributed by atoms with Gasteiger partial charge in [0.15, 0.2) is 0 Å². The van der Waals surface area contributed by atoms with Crippen molar-refractivity contribution in [1.29, 1.82) is 0 Å². The van der Waals surface area contributed by atoms with E-state index in [2.05, 4.69) is 0 Å². The summed E-state index contributed by atoms with van der Waals surface area (Å²) in [4.78, 5) is 11.2. The number of esters is 1. The van der Waals surface area contributed by atoms with Gasteiger partial charge in [-0.05, 0) is 25.7 Å². The van der Waals surface area contributed by atoms with Crippen LogP contribution < -0.4 is 5.73 Å². The summed E-state index contributed by atoms with van der Waals surface area (Å²) < 4.78 is 10.1. The van der Waals surface area contributed by atoms with Gasteiger partial charge >= 0.3 is 5.97 Å². The predicted octanol–water partition coefficient (Wildman–Crippen LogP) is 0.694. The number of ether oxygens (including phenoxy) is 2. The topological polar surface area (TPSA) is 61.5 Å². The van der Waals surface area contributed by atoms with Crippen LogP contribution in [0.1, 0.15) is 26.2 Å². The van der Waals surface area contributed by atoms with Crippen LogP contribution in [-0.2, 0) is 14.3 Å². The Kier molecular flexibility index (Phi) is 4.90. The zero-order valence-electron chi connectivity index (χ0n) is 8.70. The minimum Gasteiger partial charge on any atom is -0.466 e. The lowest BCUT2D eigenvalue weighted by atomic mass is 9.90. The summed E-state index contributed by atoms with van der Waals surface area (Å²) in [5, 5.41) is 0. The number of nitrogens with two attached hydrogens (primary N) is 1. The maximum atomic E-state index is 11.2. The van der Waals surface area contributed by atoms with E-state index in [1.165, 1.54) is 0 Å². The molecule has 2 N–H and O–H groups in total. The van der Waals surface area contributed by atoms with Gasteiger partial charge in [0.05, 0.1) is 13.0 Å². The van der Waals surface area contributed by atoms with Crippen molar-refractivity contribution in [1.82, 2.24) is 0 Å². The fourth-order valence-electron chi connectivity index (χ4n) is 1.72. The molecule has 0 unspecified atom stereocenters. The van der Waals surface area contributed by atoms with Crippen LogP contribution in [0.2, 0.25) is 0 Å². The lowest BCUT2D eigenvalue weighted by Gasteiger charge is -2.26. The molecule has 1 rings (SSSR count). The predicted molar refractivity (Wildman–Crippen MR) is 52.8 cm³/mol. The molecule has 4 heteroatoms. The third-order valence-corrected chi connectivity index (χ3v) is 2.58. The molecular formula is C10H19NO3. The molecule has 0 radical (unpaired) electrons. The molecule has 1 aliphatic heterocycles. The Morgan fingerprint density at radius 2 is 2.21 bits per heavy atom. The maximum absolute atomic E-state index is 11.2. The average Bonchev–Trinajstić information content (AvgIpc) is 2.19. The second-order valence-corrected chi connectivity index (χ2v) is 3.62. The summed E-state index contributed by atoms with van der Waals surface area (Å²) >= 11 is 0. The average molecular weight is 201 g/mol. The highest BCUT2D eigenvalue weighted by atomic mass is 16.5. The summed E-state index contributed by atoms with van der Waals surface area (Å²) in [6.45, 7) is 3.76. The van der Waals surface area contributed by atoms with Crippen LogP contribution in [0.3, 0.4) is 0 Å². The van der Waals surface area contributed by atoms with E-state index in [1.807, 2.05) is 0 Å². The van der Waals surface area contributed by atoms with Crippen LogP contribution in [0.25, 0.3) is 0 Å². The van der Waals surface area contributed by atoms with E-state index >= 15 is 0 Å². The van der Waals surface area contributed by atoms with E-state index in [1.54, 1.807) is 6.92 Å². The highest BCUT2D eigenvalue weighted by Gasteiger charge is 2.23. The number of carbonyl (C=O) groups is 1. The van der Waals surface area contributed by atoms with Gasteiger partial charge in [0.25, 0.3) is 0 Å².